The zero-order valence-corrected chi connectivity index (χ0v) is 21.8. The number of benzene rings is 2. The Hall–Kier alpha value is -4.17. The van der Waals surface area contributed by atoms with Crippen LogP contribution >= 0.6 is 0 Å². The van der Waals surface area contributed by atoms with E-state index in [1.54, 1.807) is 10.8 Å². The van der Waals surface area contributed by atoms with Crippen LogP contribution in [0.15, 0.2) is 77.4 Å². The number of hydrogen-bond acceptors (Lipinski definition) is 7. The number of furan rings is 1. The van der Waals surface area contributed by atoms with Crippen LogP contribution in [0, 0.1) is 0 Å². The molecule has 1 aliphatic rings. The molecule has 1 aliphatic heterocycles. The Morgan fingerprint density at radius 1 is 0.895 bits per heavy atom. The third kappa shape index (κ3) is 5.13. The second kappa shape index (κ2) is 10.7. The van der Waals surface area contributed by atoms with Gasteiger partial charge in [-0.1, -0.05) is 43.7 Å². The Bertz CT molecular complexity index is 1500. The molecule has 0 radical (unpaired) electrons. The molecular formula is C30H33N7O. The highest BCUT2D eigenvalue weighted by atomic mass is 16.3. The molecule has 3 aromatic heterocycles. The van der Waals surface area contributed by atoms with Crippen LogP contribution in [0.1, 0.15) is 30.9 Å². The summed E-state index contributed by atoms with van der Waals surface area (Å²) in [7, 11) is 0. The highest BCUT2D eigenvalue weighted by Gasteiger charge is 2.18. The van der Waals surface area contributed by atoms with Gasteiger partial charge in [-0.15, -0.1) is 5.10 Å². The molecule has 0 aliphatic carbocycles. The number of hydrogen-bond donors (Lipinski definition) is 1. The summed E-state index contributed by atoms with van der Waals surface area (Å²) in [6.07, 6.45) is 5.27. The van der Waals surface area contributed by atoms with Gasteiger partial charge in [0.05, 0.1) is 12.0 Å². The molecular weight excluding hydrogens is 474 g/mol. The second-order valence-corrected chi connectivity index (χ2v) is 9.92. The van der Waals surface area contributed by atoms with Crippen molar-refractivity contribution in [2.75, 3.05) is 36.8 Å². The first-order chi connectivity index (χ1) is 18.7. The summed E-state index contributed by atoms with van der Waals surface area (Å²) in [6.45, 7) is 7.29. The van der Waals surface area contributed by atoms with Crippen molar-refractivity contribution in [3.63, 3.8) is 0 Å². The van der Waals surface area contributed by atoms with Gasteiger partial charge >= 0.3 is 0 Å². The molecule has 2 N–H and O–H groups in total. The summed E-state index contributed by atoms with van der Waals surface area (Å²) >= 11 is 0. The highest BCUT2D eigenvalue weighted by molar-refractivity contribution is 5.67. The lowest BCUT2D eigenvalue weighted by Gasteiger charge is -2.36. The number of anilines is 2. The summed E-state index contributed by atoms with van der Waals surface area (Å²) in [4.78, 5) is 14.2. The Morgan fingerprint density at radius 2 is 1.74 bits per heavy atom. The molecule has 1 fully saturated rings. The lowest BCUT2D eigenvalue weighted by Crippen LogP contribution is -2.45. The first kappa shape index (κ1) is 24.2. The minimum absolute atomic E-state index is 0.294. The summed E-state index contributed by atoms with van der Waals surface area (Å²) in [5.74, 6) is 1.38. The molecule has 8 nitrogen and oxygen atoms in total. The number of aromatic nitrogens is 4. The number of piperazine rings is 1. The first-order valence-corrected chi connectivity index (χ1v) is 13.4. The normalized spacial score (nSPS) is 14.4. The molecule has 0 saturated carbocycles. The number of nitrogen functional groups attached to an aromatic ring is 1. The van der Waals surface area contributed by atoms with Gasteiger partial charge in [0.25, 0.3) is 0 Å². The Labute approximate surface area is 222 Å². The average Bonchev–Trinajstić information content (AvgIpc) is 3.64. The number of unbranched alkanes of at least 4 members (excludes halogenated alkanes) is 1. The van der Waals surface area contributed by atoms with Crippen molar-refractivity contribution >= 4 is 17.3 Å². The van der Waals surface area contributed by atoms with Crippen LogP contribution in [0.5, 0.6) is 0 Å². The van der Waals surface area contributed by atoms with Crippen LogP contribution in [-0.4, -0.2) is 50.7 Å². The summed E-state index contributed by atoms with van der Waals surface area (Å²) in [6, 6.07) is 23.2. The third-order valence-electron chi connectivity index (χ3n) is 7.21. The van der Waals surface area contributed by atoms with E-state index in [-0.39, 0.29) is 0 Å². The fourth-order valence-electron chi connectivity index (χ4n) is 5.08. The number of aryl methyl sites for hydroxylation is 1. The monoisotopic (exact) mass is 507 g/mol. The maximum Gasteiger partial charge on any atom is 0.223 e. The van der Waals surface area contributed by atoms with Crippen molar-refractivity contribution in [1.82, 2.24) is 24.5 Å². The fraction of sp³-hybridized carbons (Fsp3) is 0.300. The lowest BCUT2D eigenvalue weighted by molar-refractivity contribution is 0.250. The SMILES string of the molecule is CCCCc1ccc(N2CCN(Cc3cccc(-c4cc5nc(-c6ccco6)nn5c(N)n4)c3)CC2)cc1. The van der Waals surface area contributed by atoms with E-state index in [1.165, 1.54) is 36.1 Å². The average molecular weight is 508 g/mol. The van der Waals surface area contributed by atoms with E-state index < -0.39 is 0 Å². The van der Waals surface area contributed by atoms with Gasteiger partial charge in [-0.3, -0.25) is 4.90 Å². The van der Waals surface area contributed by atoms with Crippen LogP contribution in [0.4, 0.5) is 11.6 Å². The van der Waals surface area contributed by atoms with Gasteiger partial charge < -0.3 is 15.1 Å². The molecule has 6 rings (SSSR count). The van der Waals surface area contributed by atoms with Crippen LogP contribution in [-0.2, 0) is 13.0 Å². The smallest absolute Gasteiger partial charge is 0.223 e. The third-order valence-corrected chi connectivity index (χ3v) is 7.21. The van der Waals surface area contributed by atoms with Crippen molar-refractivity contribution in [3.8, 4) is 22.8 Å². The van der Waals surface area contributed by atoms with E-state index in [4.69, 9.17) is 10.2 Å². The quantitative estimate of drug-likeness (QED) is 0.305. The minimum atomic E-state index is 0.294. The zero-order chi connectivity index (χ0) is 25.9. The minimum Gasteiger partial charge on any atom is -0.461 e. The second-order valence-electron chi connectivity index (χ2n) is 9.92. The van der Waals surface area contributed by atoms with Crippen molar-refractivity contribution in [2.24, 2.45) is 0 Å². The van der Waals surface area contributed by atoms with E-state index in [9.17, 15) is 0 Å². The van der Waals surface area contributed by atoms with E-state index in [0.29, 0.717) is 23.2 Å². The van der Waals surface area contributed by atoms with Crippen LogP contribution < -0.4 is 10.6 Å². The molecule has 2 aromatic carbocycles. The largest absolute Gasteiger partial charge is 0.461 e. The van der Waals surface area contributed by atoms with Gasteiger partial charge in [0.15, 0.2) is 11.4 Å². The molecule has 0 spiro atoms. The summed E-state index contributed by atoms with van der Waals surface area (Å²) in [5.41, 5.74) is 12.7. The molecule has 0 amide bonds. The van der Waals surface area contributed by atoms with Crippen LogP contribution in [0.3, 0.4) is 0 Å². The molecule has 0 bridgehead atoms. The van der Waals surface area contributed by atoms with Gasteiger partial charge in [0, 0.05) is 50.0 Å². The summed E-state index contributed by atoms with van der Waals surface area (Å²) in [5, 5.41) is 4.44. The maximum absolute atomic E-state index is 6.24. The van der Waals surface area contributed by atoms with Crippen molar-refractivity contribution in [2.45, 2.75) is 32.7 Å². The molecule has 38 heavy (non-hydrogen) atoms. The van der Waals surface area contributed by atoms with Crippen molar-refractivity contribution < 1.29 is 4.42 Å². The van der Waals surface area contributed by atoms with Gasteiger partial charge in [-0.25, -0.2) is 9.97 Å². The predicted molar refractivity (Wildman–Crippen MR) is 151 cm³/mol. The molecule has 194 valence electrons. The topological polar surface area (TPSA) is 88.7 Å². The standard InChI is InChI=1S/C30H33N7O/c1-2-3-6-22-10-12-25(13-11-22)36-16-14-35(15-17-36)21-23-7-4-8-24(19-23)26-20-28-33-29(27-9-5-18-38-27)34-37(28)30(31)32-26/h4-5,7-13,18-20H,2-3,6,14-17,21H2,1H3,(H2,31,32). The molecule has 0 atom stereocenters. The predicted octanol–water partition coefficient (Wildman–Crippen LogP) is 5.30. The van der Waals surface area contributed by atoms with Crippen LogP contribution in [0.25, 0.3) is 28.5 Å². The van der Waals surface area contributed by atoms with Crippen LogP contribution in [0.2, 0.25) is 0 Å². The van der Waals surface area contributed by atoms with Gasteiger partial charge in [-0.05, 0) is 54.3 Å². The van der Waals surface area contributed by atoms with E-state index in [1.807, 2.05) is 18.2 Å². The Balaban J connectivity index is 1.12. The van der Waals surface area contributed by atoms with E-state index in [2.05, 4.69) is 80.3 Å². The zero-order valence-electron chi connectivity index (χ0n) is 21.8. The number of nitrogens with two attached hydrogens (primary N) is 1. The number of fused-ring (bicyclic) bond motifs is 1. The van der Waals surface area contributed by atoms with Crippen molar-refractivity contribution in [1.29, 1.82) is 0 Å². The number of nitrogens with zero attached hydrogens (tertiary/aromatic N) is 6. The molecule has 1 saturated heterocycles. The van der Waals surface area contributed by atoms with Gasteiger partial charge in [0.2, 0.25) is 11.8 Å². The maximum atomic E-state index is 6.24. The highest BCUT2D eigenvalue weighted by Crippen LogP contribution is 2.25. The molecule has 4 heterocycles. The first-order valence-electron chi connectivity index (χ1n) is 13.4. The number of rotatable bonds is 8. The lowest BCUT2D eigenvalue weighted by atomic mass is 10.1. The van der Waals surface area contributed by atoms with E-state index in [0.717, 1.165) is 44.0 Å². The molecule has 8 heteroatoms. The molecule has 5 aromatic rings. The van der Waals surface area contributed by atoms with Gasteiger partial charge in [0.1, 0.15) is 0 Å². The fourth-order valence-corrected chi connectivity index (χ4v) is 5.08. The van der Waals surface area contributed by atoms with E-state index >= 15 is 0 Å². The summed E-state index contributed by atoms with van der Waals surface area (Å²) < 4.78 is 6.98. The Kier molecular flexibility index (Phi) is 6.79. The molecule has 0 unspecified atom stereocenters. The van der Waals surface area contributed by atoms with Crippen molar-refractivity contribution in [3.05, 3.63) is 84.1 Å². The van der Waals surface area contributed by atoms with Gasteiger partial charge in [-0.2, -0.15) is 4.52 Å². The Morgan fingerprint density at radius 3 is 2.50 bits per heavy atom.